The number of anilines is 2. The van der Waals surface area contributed by atoms with Crippen LogP contribution in [0.4, 0.5) is 11.4 Å². The summed E-state index contributed by atoms with van der Waals surface area (Å²) in [5, 5.41) is 4.00. The summed E-state index contributed by atoms with van der Waals surface area (Å²) in [6.07, 6.45) is 0. The van der Waals surface area contributed by atoms with Gasteiger partial charge in [-0.3, -0.25) is 9.59 Å². The molecule has 0 aliphatic carbocycles. The van der Waals surface area contributed by atoms with Crippen LogP contribution in [0, 0.1) is 0 Å². The van der Waals surface area contributed by atoms with Gasteiger partial charge in [-0.1, -0.05) is 23.2 Å². The van der Waals surface area contributed by atoms with Gasteiger partial charge in [-0.15, -0.1) is 0 Å². The predicted molar refractivity (Wildman–Crippen MR) is 150 cm³/mol. The first-order chi connectivity index (χ1) is 18.4. The SMILES string of the molecule is COc1ccc(Cl)cc1C(=O)N1CCN(c2ccc(NC(=O)c3ccc(-c4ccc(Cl)cc4)o3)cc2)CC1. The van der Waals surface area contributed by atoms with E-state index in [0.717, 1.165) is 11.3 Å². The van der Waals surface area contributed by atoms with Gasteiger partial charge in [0.2, 0.25) is 0 Å². The summed E-state index contributed by atoms with van der Waals surface area (Å²) in [5.74, 6) is 0.890. The van der Waals surface area contributed by atoms with Crippen LogP contribution in [-0.4, -0.2) is 50.0 Å². The van der Waals surface area contributed by atoms with Gasteiger partial charge in [0.15, 0.2) is 5.76 Å². The number of nitrogens with one attached hydrogen (secondary N) is 1. The fourth-order valence-electron chi connectivity index (χ4n) is 4.36. The van der Waals surface area contributed by atoms with Crippen molar-refractivity contribution < 1.29 is 18.7 Å². The van der Waals surface area contributed by atoms with Gasteiger partial charge in [0.05, 0.1) is 12.7 Å². The third-order valence-electron chi connectivity index (χ3n) is 6.41. The number of nitrogens with zero attached hydrogens (tertiary/aromatic N) is 2. The van der Waals surface area contributed by atoms with Crippen molar-refractivity contribution in [2.75, 3.05) is 43.5 Å². The van der Waals surface area contributed by atoms with Gasteiger partial charge in [-0.05, 0) is 78.9 Å². The van der Waals surface area contributed by atoms with Gasteiger partial charge >= 0.3 is 0 Å². The molecular formula is C29H25Cl2N3O4. The molecule has 1 aliphatic rings. The summed E-state index contributed by atoms with van der Waals surface area (Å²) in [6.45, 7) is 2.50. The smallest absolute Gasteiger partial charge is 0.291 e. The van der Waals surface area contributed by atoms with Gasteiger partial charge in [-0.25, -0.2) is 0 Å². The second-order valence-electron chi connectivity index (χ2n) is 8.80. The number of rotatable bonds is 6. The second-order valence-corrected chi connectivity index (χ2v) is 9.67. The van der Waals surface area contributed by atoms with Crippen molar-refractivity contribution in [2.24, 2.45) is 0 Å². The summed E-state index contributed by atoms with van der Waals surface area (Å²) in [4.78, 5) is 29.8. The van der Waals surface area contributed by atoms with E-state index in [0.29, 0.717) is 59.0 Å². The molecule has 7 nitrogen and oxygen atoms in total. The lowest BCUT2D eigenvalue weighted by atomic mass is 10.1. The maximum atomic E-state index is 13.1. The normalized spacial score (nSPS) is 13.3. The number of furan rings is 1. The van der Waals surface area contributed by atoms with Gasteiger partial charge in [-0.2, -0.15) is 0 Å². The molecule has 0 atom stereocenters. The van der Waals surface area contributed by atoms with Crippen molar-refractivity contribution in [2.45, 2.75) is 0 Å². The standard InChI is InChI=1S/C29H25Cl2N3O4/c1-37-26-11-6-21(31)18-24(26)29(36)34-16-14-33(15-17-34)23-9-7-22(8-10-23)32-28(35)27-13-12-25(38-27)19-2-4-20(30)5-3-19/h2-13,18H,14-17H2,1H3,(H,32,35). The van der Waals surface area contributed by atoms with E-state index in [1.165, 1.54) is 7.11 Å². The first kappa shape index (κ1) is 25.7. The van der Waals surface area contributed by atoms with E-state index in [2.05, 4.69) is 10.2 Å². The Hall–Kier alpha value is -3.94. The van der Waals surface area contributed by atoms with Gasteiger partial charge in [0, 0.05) is 53.2 Å². The van der Waals surface area contributed by atoms with Gasteiger partial charge in [0.1, 0.15) is 11.5 Å². The molecule has 38 heavy (non-hydrogen) atoms. The molecule has 0 bridgehead atoms. The number of hydrogen-bond acceptors (Lipinski definition) is 5. The summed E-state index contributed by atoms with van der Waals surface area (Å²) in [5.41, 5.74) is 2.97. The van der Waals surface area contributed by atoms with E-state index in [-0.39, 0.29) is 17.6 Å². The molecule has 1 aliphatic heterocycles. The van der Waals surface area contributed by atoms with E-state index in [9.17, 15) is 9.59 Å². The quantitative estimate of drug-likeness (QED) is 0.298. The Kier molecular flexibility index (Phi) is 7.58. The third-order valence-corrected chi connectivity index (χ3v) is 6.89. The molecule has 0 saturated carbocycles. The van der Waals surface area contributed by atoms with E-state index in [1.54, 1.807) is 47.4 Å². The Morgan fingerprint density at radius 2 is 1.53 bits per heavy atom. The summed E-state index contributed by atoms with van der Waals surface area (Å²) >= 11 is 12.0. The molecule has 2 heterocycles. The molecule has 0 radical (unpaired) electrons. The Balaban J connectivity index is 1.17. The number of ether oxygens (including phenoxy) is 1. The molecular weight excluding hydrogens is 525 g/mol. The van der Waals surface area contributed by atoms with Crippen molar-refractivity contribution in [1.82, 2.24) is 4.90 Å². The van der Waals surface area contributed by atoms with Crippen molar-refractivity contribution in [3.63, 3.8) is 0 Å². The molecule has 194 valence electrons. The van der Waals surface area contributed by atoms with Crippen molar-refractivity contribution in [3.05, 3.63) is 100 Å². The minimum absolute atomic E-state index is 0.0980. The minimum atomic E-state index is -0.332. The fraction of sp³-hybridized carbons (Fsp3) is 0.172. The molecule has 1 saturated heterocycles. The monoisotopic (exact) mass is 549 g/mol. The van der Waals surface area contributed by atoms with Crippen LogP contribution >= 0.6 is 23.2 Å². The molecule has 0 unspecified atom stereocenters. The topological polar surface area (TPSA) is 75.0 Å². The highest BCUT2D eigenvalue weighted by Gasteiger charge is 2.25. The zero-order valence-electron chi connectivity index (χ0n) is 20.6. The molecule has 0 spiro atoms. The van der Waals surface area contributed by atoms with Gasteiger partial charge < -0.3 is 24.3 Å². The highest BCUT2D eigenvalue weighted by atomic mass is 35.5. The summed E-state index contributed by atoms with van der Waals surface area (Å²) < 4.78 is 11.1. The van der Waals surface area contributed by atoms with Crippen LogP contribution in [0.3, 0.4) is 0 Å². The van der Waals surface area contributed by atoms with Crippen LogP contribution in [0.5, 0.6) is 5.75 Å². The van der Waals surface area contributed by atoms with E-state index < -0.39 is 0 Å². The maximum absolute atomic E-state index is 13.1. The first-order valence-corrected chi connectivity index (χ1v) is 12.8. The Morgan fingerprint density at radius 1 is 0.842 bits per heavy atom. The van der Waals surface area contributed by atoms with Crippen LogP contribution in [0.15, 0.2) is 83.3 Å². The number of halogens is 2. The lowest BCUT2D eigenvalue weighted by Crippen LogP contribution is -2.48. The summed E-state index contributed by atoms with van der Waals surface area (Å²) in [7, 11) is 1.54. The largest absolute Gasteiger partial charge is 0.496 e. The highest BCUT2D eigenvalue weighted by molar-refractivity contribution is 6.31. The van der Waals surface area contributed by atoms with Crippen molar-refractivity contribution in [1.29, 1.82) is 0 Å². The summed E-state index contributed by atoms with van der Waals surface area (Å²) in [6, 6.07) is 23.3. The van der Waals surface area contributed by atoms with Crippen LogP contribution in [0.25, 0.3) is 11.3 Å². The number of piperazine rings is 1. The number of carbonyl (C=O) groups is 2. The average Bonchev–Trinajstić information content (AvgIpc) is 3.44. The predicted octanol–water partition coefficient (Wildman–Crippen LogP) is 6.48. The molecule has 9 heteroatoms. The van der Waals surface area contributed by atoms with Crippen LogP contribution in [-0.2, 0) is 0 Å². The molecule has 4 aromatic rings. The Labute approximate surface area is 230 Å². The number of benzene rings is 3. The Morgan fingerprint density at radius 3 is 2.21 bits per heavy atom. The zero-order valence-corrected chi connectivity index (χ0v) is 22.1. The maximum Gasteiger partial charge on any atom is 0.291 e. The minimum Gasteiger partial charge on any atom is -0.496 e. The van der Waals surface area contributed by atoms with Crippen LogP contribution in [0.1, 0.15) is 20.9 Å². The Bertz CT molecular complexity index is 1440. The number of carbonyl (C=O) groups excluding carboxylic acids is 2. The van der Waals surface area contributed by atoms with Gasteiger partial charge in [0.25, 0.3) is 11.8 Å². The third kappa shape index (κ3) is 5.64. The average molecular weight is 550 g/mol. The number of hydrogen-bond donors (Lipinski definition) is 1. The van der Waals surface area contributed by atoms with E-state index >= 15 is 0 Å². The molecule has 3 aromatic carbocycles. The van der Waals surface area contributed by atoms with Crippen molar-refractivity contribution in [3.8, 4) is 17.1 Å². The number of methoxy groups -OCH3 is 1. The first-order valence-electron chi connectivity index (χ1n) is 12.1. The van der Waals surface area contributed by atoms with E-state index in [4.69, 9.17) is 32.4 Å². The van der Waals surface area contributed by atoms with Crippen molar-refractivity contribution >= 4 is 46.4 Å². The lowest BCUT2D eigenvalue weighted by Gasteiger charge is -2.36. The highest BCUT2D eigenvalue weighted by Crippen LogP contribution is 2.27. The lowest BCUT2D eigenvalue weighted by molar-refractivity contribution is 0.0743. The van der Waals surface area contributed by atoms with Crippen LogP contribution in [0.2, 0.25) is 10.0 Å². The molecule has 1 aromatic heterocycles. The zero-order chi connectivity index (χ0) is 26.6. The second kappa shape index (κ2) is 11.2. The molecule has 2 amide bonds. The van der Waals surface area contributed by atoms with E-state index in [1.807, 2.05) is 36.4 Å². The molecule has 1 N–H and O–H groups in total. The number of amides is 2. The fourth-order valence-corrected chi connectivity index (χ4v) is 4.66. The molecule has 1 fully saturated rings. The molecule has 5 rings (SSSR count). The van der Waals surface area contributed by atoms with Crippen LogP contribution < -0.4 is 15.0 Å².